The molecule has 0 unspecified atom stereocenters. The molecule has 3 rings (SSSR count). The Morgan fingerprint density at radius 1 is 1.10 bits per heavy atom. The maximum absolute atomic E-state index is 13.2. The molecule has 1 heterocycles. The minimum absolute atomic E-state index is 0.237. The first-order chi connectivity index (χ1) is 10.1. The van der Waals surface area contributed by atoms with Crippen molar-refractivity contribution in [3.8, 4) is 21.8 Å². The van der Waals surface area contributed by atoms with E-state index < -0.39 is 5.97 Å². The van der Waals surface area contributed by atoms with Gasteiger partial charge in [0.25, 0.3) is 0 Å². The second-order valence-corrected chi connectivity index (χ2v) is 5.29. The van der Waals surface area contributed by atoms with E-state index in [0.29, 0.717) is 5.69 Å². The van der Waals surface area contributed by atoms with Gasteiger partial charge in [-0.2, -0.15) is 0 Å². The maximum atomic E-state index is 13.2. The topological polar surface area (TPSA) is 50.2 Å². The minimum atomic E-state index is -0.957. The highest BCUT2D eigenvalue weighted by molar-refractivity contribution is 7.13. The smallest absolute Gasteiger partial charge is 0.335 e. The van der Waals surface area contributed by atoms with Gasteiger partial charge in [0.05, 0.1) is 11.3 Å². The largest absolute Gasteiger partial charge is 0.478 e. The fourth-order valence-electron chi connectivity index (χ4n) is 1.94. The van der Waals surface area contributed by atoms with Crippen LogP contribution in [0.3, 0.4) is 0 Å². The SMILES string of the molecule is O=C(O)c1ccc(-c2nc(-c3cccc(F)c3)cs2)cc1. The van der Waals surface area contributed by atoms with Gasteiger partial charge in [0.15, 0.2) is 0 Å². The van der Waals surface area contributed by atoms with Crippen LogP contribution in [0.1, 0.15) is 10.4 Å². The van der Waals surface area contributed by atoms with Crippen LogP contribution in [0.2, 0.25) is 0 Å². The molecule has 3 nitrogen and oxygen atoms in total. The number of aromatic carboxylic acids is 1. The Morgan fingerprint density at radius 2 is 1.86 bits per heavy atom. The summed E-state index contributed by atoms with van der Waals surface area (Å²) in [6, 6.07) is 12.8. The van der Waals surface area contributed by atoms with E-state index in [0.717, 1.165) is 16.1 Å². The molecule has 0 spiro atoms. The first-order valence-corrected chi connectivity index (χ1v) is 7.06. The number of carboxylic acid groups (broad SMARTS) is 1. The molecular formula is C16H10FNO2S. The van der Waals surface area contributed by atoms with Crippen LogP contribution in [-0.4, -0.2) is 16.1 Å². The zero-order chi connectivity index (χ0) is 14.8. The van der Waals surface area contributed by atoms with Crippen LogP contribution in [-0.2, 0) is 0 Å². The molecular weight excluding hydrogens is 289 g/mol. The molecule has 3 aromatic rings. The fraction of sp³-hybridized carbons (Fsp3) is 0. The second kappa shape index (κ2) is 5.46. The highest BCUT2D eigenvalue weighted by atomic mass is 32.1. The van der Waals surface area contributed by atoms with Crippen LogP contribution in [0, 0.1) is 5.82 Å². The third-order valence-electron chi connectivity index (χ3n) is 3.00. The van der Waals surface area contributed by atoms with Crippen molar-refractivity contribution in [1.82, 2.24) is 4.98 Å². The Morgan fingerprint density at radius 3 is 2.52 bits per heavy atom. The summed E-state index contributed by atoms with van der Waals surface area (Å²) in [5.41, 5.74) is 2.50. The van der Waals surface area contributed by atoms with Crippen molar-refractivity contribution in [1.29, 1.82) is 0 Å². The first-order valence-electron chi connectivity index (χ1n) is 6.19. The number of halogens is 1. The average molecular weight is 299 g/mol. The highest BCUT2D eigenvalue weighted by Gasteiger charge is 2.08. The molecule has 104 valence electrons. The van der Waals surface area contributed by atoms with E-state index in [-0.39, 0.29) is 11.4 Å². The van der Waals surface area contributed by atoms with Gasteiger partial charge in [0.2, 0.25) is 0 Å². The van der Waals surface area contributed by atoms with Gasteiger partial charge in [-0.3, -0.25) is 0 Å². The Bertz CT molecular complexity index is 796. The average Bonchev–Trinajstić information content (AvgIpc) is 2.97. The fourth-order valence-corrected chi connectivity index (χ4v) is 2.78. The van der Waals surface area contributed by atoms with Crippen LogP contribution in [0.15, 0.2) is 53.9 Å². The van der Waals surface area contributed by atoms with Crippen molar-refractivity contribution in [2.75, 3.05) is 0 Å². The van der Waals surface area contributed by atoms with Crippen LogP contribution in [0.25, 0.3) is 21.8 Å². The number of aromatic nitrogens is 1. The van der Waals surface area contributed by atoms with Crippen molar-refractivity contribution in [2.24, 2.45) is 0 Å². The third kappa shape index (κ3) is 2.83. The number of carboxylic acids is 1. The number of benzene rings is 2. The van der Waals surface area contributed by atoms with Gasteiger partial charge in [-0.25, -0.2) is 14.2 Å². The minimum Gasteiger partial charge on any atom is -0.478 e. The number of rotatable bonds is 3. The number of nitrogens with zero attached hydrogens (tertiary/aromatic N) is 1. The molecule has 0 bridgehead atoms. The molecule has 1 aromatic heterocycles. The van der Waals surface area contributed by atoms with E-state index in [1.807, 2.05) is 5.38 Å². The van der Waals surface area contributed by atoms with Crippen molar-refractivity contribution in [3.63, 3.8) is 0 Å². The second-order valence-electron chi connectivity index (χ2n) is 4.43. The highest BCUT2D eigenvalue weighted by Crippen LogP contribution is 2.29. The molecule has 0 saturated carbocycles. The summed E-state index contributed by atoms with van der Waals surface area (Å²) in [6.45, 7) is 0. The lowest BCUT2D eigenvalue weighted by Crippen LogP contribution is -1.94. The molecule has 5 heteroatoms. The molecule has 0 radical (unpaired) electrons. The van der Waals surface area contributed by atoms with E-state index in [1.165, 1.54) is 23.5 Å². The zero-order valence-electron chi connectivity index (χ0n) is 10.8. The Labute approximate surface area is 124 Å². The van der Waals surface area contributed by atoms with Gasteiger partial charge in [-0.05, 0) is 24.3 Å². The number of thiazole rings is 1. The Balaban J connectivity index is 1.93. The summed E-state index contributed by atoms with van der Waals surface area (Å²) in [6.07, 6.45) is 0. The zero-order valence-corrected chi connectivity index (χ0v) is 11.6. The van der Waals surface area contributed by atoms with Gasteiger partial charge in [-0.1, -0.05) is 24.3 Å². The summed E-state index contributed by atoms with van der Waals surface area (Å²) in [7, 11) is 0. The lowest BCUT2D eigenvalue weighted by atomic mass is 10.1. The Kier molecular flexibility index (Phi) is 3.50. The molecule has 0 aliphatic carbocycles. The molecule has 0 atom stereocenters. The van der Waals surface area contributed by atoms with Crippen molar-refractivity contribution < 1.29 is 14.3 Å². The van der Waals surface area contributed by atoms with E-state index in [1.54, 1.807) is 36.4 Å². The molecule has 1 N–H and O–H groups in total. The van der Waals surface area contributed by atoms with Gasteiger partial charge >= 0.3 is 5.97 Å². The number of hydrogen-bond donors (Lipinski definition) is 1. The van der Waals surface area contributed by atoms with Crippen LogP contribution in [0.4, 0.5) is 4.39 Å². The van der Waals surface area contributed by atoms with Crippen molar-refractivity contribution >= 4 is 17.3 Å². The molecule has 0 aliphatic rings. The van der Waals surface area contributed by atoms with Crippen molar-refractivity contribution in [2.45, 2.75) is 0 Å². The summed E-state index contributed by atoms with van der Waals surface area (Å²) < 4.78 is 13.2. The monoisotopic (exact) mass is 299 g/mol. The van der Waals surface area contributed by atoms with Crippen LogP contribution < -0.4 is 0 Å². The van der Waals surface area contributed by atoms with E-state index in [4.69, 9.17) is 5.11 Å². The number of carbonyl (C=O) groups is 1. The molecule has 21 heavy (non-hydrogen) atoms. The quantitative estimate of drug-likeness (QED) is 0.783. The molecule has 2 aromatic carbocycles. The summed E-state index contributed by atoms with van der Waals surface area (Å²) in [5.74, 6) is -1.26. The van der Waals surface area contributed by atoms with Crippen molar-refractivity contribution in [3.05, 3.63) is 65.3 Å². The van der Waals surface area contributed by atoms with Gasteiger partial charge < -0.3 is 5.11 Å². The predicted molar refractivity (Wildman–Crippen MR) is 79.9 cm³/mol. The predicted octanol–water partition coefficient (Wildman–Crippen LogP) is 4.31. The molecule has 0 amide bonds. The molecule has 0 aliphatic heterocycles. The normalized spacial score (nSPS) is 10.5. The summed E-state index contributed by atoms with van der Waals surface area (Å²) >= 11 is 1.44. The van der Waals surface area contributed by atoms with E-state index in [2.05, 4.69) is 4.98 Å². The van der Waals surface area contributed by atoms with Gasteiger partial charge in [0, 0.05) is 16.5 Å². The summed E-state index contributed by atoms with van der Waals surface area (Å²) in [5, 5.41) is 11.5. The van der Waals surface area contributed by atoms with E-state index >= 15 is 0 Å². The van der Waals surface area contributed by atoms with Crippen LogP contribution >= 0.6 is 11.3 Å². The Hall–Kier alpha value is -2.53. The maximum Gasteiger partial charge on any atom is 0.335 e. The number of hydrogen-bond acceptors (Lipinski definition) is 3. The van der Waals surface area contributed by atoms with Gasteiger partial charge in [0.1, 0.15) is 10.8 Å². The standard InChI is InChI=1S/C16H10FNO2S/c17-13-3-1-2-12(8-13)14-9-21-15(18-14)10-4-6-11(7-5-10)16(19)20/h1-9H,(H,19,20). The molecule has 0 fully saturated rings. The third-order valence-corrected chi connectivity index (χ3v) is 3.89. The van der Waals surface area contributed by atoms with E-state index in [9.17, 15) is 9.18 Å². The molecule has 0 saturated heterocycles. The lowest BCUT2D eigenvalue weighted by Gasteiger charge is -1.98. The summed E-state index contributed by atoms with van der Waals surface area (Å²) in [4.78, 5) is 15.3. The van der Waals surface area contributed by atoms with Crippen LogP contribution in [0.5, 0.6) is 0 Å². The lowest BCUT2D eigenvalue weighted by molar-refractivity contribution is 0.0697. The van der Waals surface area contributed by atoms with Gasteiger partial charge in [-0.15, -0.1) is 11.3 Å². The first kappa shape index (κ1) is 13.5.